The SMILES string of the molecule is CC(C)C(N)CCN(C)C(=O)c1cc(F)c(F)c(O)c1F. The zero-order chi connectivity index (χ0) is 16.3. The summed E-state index contributed by atoms with van der Waals surface area (Å²) in [5.74, 6) is -6.79. The molecule has 3 N–H and O–H groups in total. The molecule has 0 aliphatic heterocycles. The monoisotopic (exact) mass is 304 g/mol. The van der Waals surface area contributed by atoms with E-state index in [1.807, 2.05) is 13.8 Å². The number of aromatic hydroxyl groups is 1. The predicted molar refractivity (Wildman–Crippen MR) is 72.4 cm³/mol. The van der Waals surface area contributed by atoms with Crippen LogP contribution >= 0.6 is 0 Å². The van der Waals surface area contributed by atoms with Crippen LogP contribution in [0.5, 0.6) is 5.75 Å². The molecule has 1 aromatic carbocycles. The molecule has 1 rings (SSSR count). The third-order valence-corrected chi connectivity index (χ3v) is 3.36. The first-order valence-corrected chi connectivity index (χ1v) is 6.54. The van der Waals surface area contributed by atoms with Gasteiger partial charge in [0.25, 0.3) is 5.91 Å². The van der Waals surface area contributed by atoms with Crippen molar-refractivity contribution in [3.8, 4) is 5.75 Å². The average molecular weight is 304 g/mol. The molecule has 21 heavy (non-hydrogen) atoms. The standard InChI is InChI=1S/C14H19F3N2O2/c1-7(2)10(18)4-5-19(3)14(21)8-6-9(15)12(17)13(20)11(8)16/h6-7,10,20H,4-5,18H2,1-3H3. The summed E-state index contributed by atoms with van der Waals surface area (Å²) in [7, 11) is 1.40. The molecule has 118 valence electrons. The van der Waals surface area contributed by atoms with Crippen molar-refractivity contribution in [2.24, 2.45) is 11.7 Å². The number of hydrogen-bond donors (Lipinski definition) is 2. The molecule has 0 heterocycles. The number of hydrogen-bond acceptors (Lipinski definition) is 3. The number of halogens is 3. The maximum absolute atomic E-state index is 13.7. The fourth-order valence-corrected chi connectivity index (χ4v) is 1.73. The second-order valence-electron chi connectivity index (χ2n) is 5.31. The van der Waals surface area contributed by atoms with Crippen molar-refractivity contribution >= 4 is 5.91 Å². The molecule has 0 radical (unpaired) electrons. The molecule has 1 amide bonds. The van der Waals surface area contributed by atoms with Crippen LogP contribution in [0.2, 0.25) is 0 Å². The Bertz CT molecular complexity index is 535. The van der Waals surface area contributed by atoms with Crippen molar-refractivity contribution in [2.75, 3.05) is 13.6 Å². The van der Waals surface area contributed by atoms with E-state index in [1.165, 1.54) is 7.05 Å². The molecule has 0 aliphatic carbocycles. The van der Waals surface area contributed by atoms with Gasteiger partial charge in [-0.25, -0.2) is 8.78 Å². The molecule has 0 bridgehead atoms. The smallest absolute Gasteiger partial charge is 0.256 e. The van der Waals surface area contributed by atoms with Gasteiger partial charge < -0.3 is 15.7 Å². The molecule has 1 aromatic rings. The lowest BCUT2D eigenvalue weighted by Gasteiger charge is -2.22. The first-order chi connectivity index (χ1) is 9.66. The third kappa shape index (κ3) is 3.87. The minimum absolute atomic E-state index is 0.136. The highest BCUT2D eigenvalue weighted by Crippen LogP contribution is 2.26. The minimum atomic E-state index is -1.71. The zero-order valence-corrected chi connectivity index (χ0v) is 12.2. The van der Waals surface area contributed by atoms with Crippen LogP contribution in [0.4, 0.5) is 13.2 Å². The lowest BCUT2D eigenvalue weighted by molar-refractivity contribution is 0.0782. The van der Waals surface area contributed by atoms with Crippen LogP contribution in [0.3, 0.4) is 0 Å². The molecular formula is C14H19F3N2O2. The van der Waals surface area contributed by atoms with Gasteiger partial charge in [0.2, 0.25) is 5.82 Å². The summed E-state index contributed by atoms with van der Waals surface area (Å²) in [4.78, 5) is 13.2. The Hall–Kier alpha value is -1.76. The molecule has 0 saturated heterocycles. The van der Waals surface area contributed by atoms with Crippen LogP contribution in [-0.4, -0.2) is 35.5 Å². The number of benzene rings is 1. The molecule has 0 spiro atoms. The van der Waals surface area contributed by atoms with Crippen LogP contribution in [0, 0.1) is 23.4 Å². The van der Waals surface area contributed by atoms with Gasteiger partial charge in [0, 0.05) is 19.6 Å². The maximum Gasteiger partial charge on any atom is 0.256 e. The number of amides is 1. The fraction of sp³-hybridized carbons (Fsp3) is 0.500. The summed E-state index contributed by atoms with van der Waals surface area (Å²) >= 11 is 0. The molecule has 0 fully saturated rings. The number of rotatable bonds is 5. The summed E-state index contributed by atoms with van der Waals surface area (Å²) < 4.78 is 39.8. The Balaban J connectivity index is 2.89. The van der Waals surface area contributed by atoms with Crippen LogP contribution < -0.4 is 5.73 Å². The molecule has 1 unspecified atom stereocenters. The lowest BCUT2D eigenvalue weighted by Crippen LogP contribution is -2.35. The lowest BCUT2D eigenvalue weighted by atomic mass is 10.0. The largest absolute Gasteiger partial charge is 0.503 e. The van der Waals surface area contributed by atoms with Crippen molar-refractivity contribution in [2.45, 2.75) is 26.3 Å². The number of phenolic OH excluding ortho intramolecular Hbond substituents is 1. The summed E-state index contributed by atoms with van der Waals surface area (Å²) in [6, 6.07) is 0.300. The summed E-state index contributed by atoms with van der Waals surface area (Å²) in [5.41, 5.74) is 5.12. The molecule has 0 aliphatic rings. The highest BCUT2D eigenvalue weighted by Gasteiger charge is 2.24. The maximum atomic E-state index is 13.7. The molecule has 7 heteroatoms. The van der Waals surface area contributed by atoms with Crippen molar-refractivity contribution in [1.29, 1.82) is 0 Å². The highest BCUT2D eigenvalue weighted by atomic mass is 19.2. The van der Waals surface area contributed by atoms with E-state index >= 15 is 0 Å². The second kappa shape index (κ2) is 6.80. The number of phenols is 1. The van der Waals surface area contributed by atoms with Crippen LogP contribution in [0.15, 0.2) is 6.07 Å². The van der Waals surface area contributed by atoms with Gasteiger partial charge in [0.05, 0.1) is 5.56 Å². The van der Waals surface area contributed by atoms with E-state index in [0.717, 1.165) is 4.90 Å². The Labute approximate surface area is 121 Å². The molecule has 0 aromatic heterocycles. The topological polar surface area (TPSA) is 66.6 Å². The van der Waals surface area contributed by atoms with Crippen molar-refractivity contribution in [1.82, 2.24) is 4.90 Å². The van der Waals surface area contributed by atoms with E-state index in [1.54, 1.807) is 0 Å². The van der Waals surface area contributed by atoms with Crippen LogP contribution in [0.25, 0.3) is 0 Å². The normalized spacial score (nSPS) is 12.6. The van der Waals surface area contributed by atoms with E-state index in [0.29, 0.717) is 12.5 Å². The first-order valence-electron chi connectivity index (χ1n) is 6.54. The van der Waals surface area contributed by atoms with Crippen molar-refractivity contribution in [3.05, 3.63) is 29.1 Å². The second-order valence-corrected chi connectivity index (χ2v) is 5.31. The highest BCUT2D eigenvalue weighted by molar-refractivity contribution is 5.94. The van der Waals surface area contributed by atoms with E-state index < -0.39 is 34.7 Å². The van der Waals surface area contributed by atoms with Gasteiger partial charge in [-0.2, -0.15) is 4.39 Å². The van der Waals surface area contributed by atoms with Gasteiger partial charge in [0.1, 0.15) is 0 Å². The fourth-order valence-electron chi connectivity index (χ4n) is 1.73. The van der Waals surface area contributed by atoms with Crippen molar-refractivity contribution < 1.29 is 23.1 Å². The zero-order valence-electron chi connectivity index (χ0n) is 12.2. The third-order valence-electron chi connectivity index (χ3n) is 3.36. The Kier molecular flexibility index (Phi) is 5.60. The quantitative estimate of drug-likeness (QED) is 0.820. The molecule has 0 saturated carbocycles. The van der Waals surface area contributed by atoms with Crippen LogP contribution in [-0.2, 0) is 0 Å². The van der Waals surface area contributed by atoms with Gasteiger partial charge in [-0.3, -0.25) is 4.79 Å². The Morgan fingerprint density at radius 3 is 2.43 bits per heavy atom. The van der Waals surface area contributed by atoms with Gasteiger partial charge in [-0.05, 0) is 18.4 Å². The van der Waals surface area contributed by atoms with E-state index in [9.17, 15) is 18.0 Å². The van der Waals surface area contributed by atoms with E-state index in [4.69, 9.17) is 10.8 Å². The molecule has 1 atom stereocenters. The van der Waals surface area contributed by atoms with Gasteiger partial charge in [-0.15, -0.1) is 0 Å². The minimum Gasteiger partial charge on any atom is -0.503 e. The number of carbonyl (C=O) groups excluding carboxylic acids is 1. The average Bonchev–Trinajstić information content (AvgIpc) is 2.44. The number of nitrogens with zero attached hydrogens (tertiary/aromatic N) is 1. The summed E-state index contributed by atoms with van der Waals surface area (Å²) in [6.07, 6.45) is 0.483. The van der Waals surface area contributed by atoms with Gasteiger partial charge in [0.15, 0.2) is 17.4 Å². The summed E-state index contributed by atoms with van der Waals surface area (Å²) in [6.45, 7) is 4.09. The molecular weight excluding hydrogens is 285 g/mol. The summed E-state index contributed by atoms with van der Waals surface area (Å²) in [5, 5.41) is 9.11. The first kappa shape index (κ1) is 17.3. The van der Waals surface area contributed by atoms with E-state index in [2.05, 4.69) is 0 Å². The van der Waals surface area contributed by atoms with E-state index in [-0.39, 0.29) is 18.5 Å². The molecule has 4 nitrogen and oxygen atoms in total. The van der Waals surface area contributed by atoms with Gasteiger partial charge >= 0.3 is 0 Å². The number of nitrogens with two attached hydrogens (primary N) is 1. The Morgan fingerprint density at radius 1 is 1.33 bits per heavy atom. The van der Waals surface area contributed by atoms with Gasteiger partial charge in [-0.1, -0.05) is 13.8 Å². The van der Waals surface area contributed by atoms with Crippen molar-refractivity contribution in [3.63, 3.8) is 0 Å². The van der Waals surface area contributed by atoms with Crippen LogP contribution in [0.1, 0.15) is 30.6 Å². The number of carbonyl (C=O) groups is 1. The Morgan fingerprint density at radius 2 is 1.90 bits per heavy atom. The predicted octanol–water partition coefficient (Wildman–Crippen LogP) is 2.25.